The van der Waals surface area contributed by atoms with E-state index in [1.807, 2.05) is 0 Å². The highest BCUT2D eigenvalue weighted by molar-refractivity contribution is 5.82. The summed E-state index contributed by atoms with van der Waals surface area (Å²) in [6.45, 7) is 4.96. The molecule has 0 aliphatic heterocycles. The second kappa shape index (κ2) is 5.13. The van der Waals surface area contributed by atoms with Crippen molar-refractivity contribution in [2.45, 2.75) is 32.9 Å². The number of carbonyl (C=O) groups excluding carboxylic acids is 1. The molecule has 0 aliphatic rings. The van der Waals surface area contributed by atoms with Crippen LogP contribution in [-0.2, 0) is 21.7 Å². The van der Waals surface area contributed by atoms with Crippen molar-refractivity contribution in [1.29, 1.82) is 0 Å². The van der Waals surface area contributed by atoms with E-state index in [1.54, 1.807) is 39.0 Å². The molecule has 6 nitrogen and oxygen atoms in total. The van der Waals surface area contributed by atoms with E-state index in [4.69, 9.17) is 9.15 Å². The first-order valence-electron chi connectivity index (χ1n) is 6.35. The van der Waals surface area contributed by atoms with Gasteiger partial charge in [-0.3, -0.25) is 4.57 Å². The number of carbonyl (C=O) groups is 1. The summed E-state index contributed by atoms with van der Waals surface area (Å²) < 4.78 is 11.4. The molecule has 2 aromatic rings. The van der Waals surface area contributed by atoms with Gasteiger partial charge in [-0.05, 0) is 38.5 Å². The Morgan fingerprint density at radius 1 is 1.45 bits per heavy atom. The Bertz CT molecular complexity index is 695. The average Bonchev–Trinajstić information content (AvgIpc) is 2.74. The van der Waals surface area contributed by atoms with Crippen LogP contribution in [0.2, 0.25) is 0 Å². The number of hydrogen-bond acceptors (Lipinski definition) is 5. The van der Waals surface area contributed by atoms with Gasteiger partial charge < -0.3 is 14.3 Å². The molecule has 0 unspecified atom stereocenters. The van der Waals surface area contributed by atoms with Gasteiger partial charge in [0.25, 0.3) is 0 Å². The highest BCUT2D eigenvalue weighted by Gasteiger charge is 2.35. The molecule has 6 heteroatoms. The van der Waals surface area contributed by atoms with E-state index in [-0.39, 0.29) is 13.2 Å². The minimum atomic E-state index is -1.19. The lowest BCUT2D eigenvalue weighted by Crippen LogP contribution is -2.42. The average molecular weight is 279 g/mol. The van der Waals surface area contributed by atoms with Crippen LogP contribution in [0.1, 0.15) is 26.3 Å². The van der Waals surface area contributed by atoms with E-state index in [0.29, 0.717) is 16.7 Å². The van der Waals surface area contributed by atoms with Crippen LogP contribution in [0.25, 0.3) is 11.1 Å². The molecule has 0 fully saturated rings. The number of rotatable bonds is 4. The second-order valence-electron chi connectivity index (χ2n) is 4.94. The summed E-state index contributed by atoms with van der Waals surface area (Å²) in [6, 6.07) is 4.88. The van der Waals surface area contributed by atoms with Crippen molar-refractivity contribution in [2.75, 3.05) is 6.61 Å². The zero-order valence-corrected chi connectivity index (χ0v) is 11.7. The van der Waals surface area contributed by atoms with Gasteiger partial charge in [0.15, 0.2) is 5.58 Å². The number of ether oxygens (including phenoxy) is 1. The lowest BCUT2D eigenvalue weighted by atomic mass is 10.1. The smallest absolute Gasteiger partial charge is 0.420 e. The Kier molecular flexibility index (Phi) is 3.67. The summed E-state index contributed by atoms with van der Waals surface area (Å²) in [6.07, 6.45) is 0. The standard InChI is InChI=1S/C14H17NO5/c1-4-19-12(17)14(2,3)15-10-7-9(8-16)5-6-11(10)20-13(15)18/h5-7,16H,4,8H2,1-3H3. The summed E-state index contributed by atoms with van der Waals surface area (Å²) in [5.41, 5.74) is 0.266. The molecule has 2 rings (SSSR count). The molecular formula is C14H17NO5. The zero-order chi connectivity index (χ0) is 14.9. The van der Waals surface area contributed by atoms with Gasteiger partial charge >= 0.3 is 11.7 Å². The maximum absolute atomic E-state index is 12.0. The van der Waals surface area contributed by atoms with Gasteiger partial charge in [0.05, 0.1) is 18.7 Å². The molecule has 0 radical (unpaired) electrons. The Hall–Kier alpha value is -2.08. The molecule has 1 N–H and O–H groups in total. The summed E-state index contributed by atoms with van der Waals surface area (Å²) in [7, 11) is 0. The second-order valence-corrected chi connectivity index (χ2v) is 4.94. The van der Waals surface area contributed by atoms with Crippen molar-refractivity contribution in [3.63, 3.8) is 0 Å². The number of aliphatic hydroxyl groups is 1. The highest BCUT2D eigenvalue weighted by atomic mass is 16.5. The van der Waals surface area contributed by atoms with E-state index in [1.165, 1.54) is 4.57 Å². The summed E-state index contributed by atoms with van der Waals surface area (Å²) >= 11 is 0. The maximum atomic E-state index is 12.0. The maximum Gasteiger partial charge on any atom is 0.420 e. The molecule has 0 atom stereocenters. The minimum absolute atomic E-state index is 0.158. The van der Waals surface area contributed by atoms with E-state index >= 15 is 0 Å². The number of benzene rings is 1. The zero-order valence-electron chi connectivity index (χ0n) is 11.7. The minimum Gasteiger partial charge on any atom is -0.464 e. The van der Waals surface area contributed by atoms with Crippen molar-refractivity contribution in [2.24, 2.45) is 0 Å². The molecule has 0 spiro atoms. The van der Waals surface area contributed by atoms with Crippen LogP contribution in [0.15, 0.2) is 27.4 Å². The first kappa shape index (κ1) is 14.3. The van der Waals surface area contributed by atoms with E-state index in [9.17, 15) is 14.7 Å². The largest absolute Gasteiger partial charge is 0.464 e. The van der Waals surface area contributed by atoms with Gasteiger partial charge in [0.2, 0.25) is 0 Å². The number of aromatic nitrogens is 1. The Balaban J connectivity index is 2.66. The quantitative estimate of drug-likeness (QED) is 0.855. The Morgan fingerprint density at radius 3 is 2.75 bits per heavy atom. The van der Waals surface area contributed by atoms with Crippen LogP contribution < -0.4 is 5.76 Å². The third kappa shape index (κ3) is 2.22. The first-order valence-corrected chi connectivity index (χ1v) is 6.35. The van der Waals surface area contributed by atoms with Crippen molar-refractivity contribution in [3.8, 4) is 0 Å². The summed E-state index contributed by atoms with van der Waals surface area (Å²) in [5.74, 6) is -1.15. The lowest BCUT2D eigenvalue weighted by molar-refractivity contribution is -0.152. The van der Waals surface area contributed by atoms with E-state index in [0.717, 1.165) is 0 Å². The SMILES string of the molecule is CCOC(=O)C(C)(C)n1c(=O)oc2ccc(CO)cc21. The molecule has 0 bridgehead atoms. The molecule has 1 heterocycles. The fraction of sp³-hybridized carbons (Fsp3) is 0.429. The van der Waals surface area contributed by atoms with Crippen molar-refractivity contribution < 1.29 is 19.1 Å². The normalized spacial score (nSPS) is 11.8. The molecule has 0 saturated carbocycles. The first-order chi connectivity index (χ1) is 9.41. The molecule has 0 saturated heterocycles. The Labute approximate surface area is 115 Å². The molecular weight excluding hydrogens is 262 g/mol. The van der Waals surface area contributed by atoms with Crippen LogP contribution in [0.5, 0.6) is 0 Å². The van der Waals surface area contributed by atoms with Gasteiger partial charge in [-0.15, -0.1) is 0 Å². The molecule has 20 heavy (non-hydrogen) atoms. The topological polar surface area (TPSA) is 81.7 Å². The van der Waals surface area contributed by atoms with Gasteiger partial charge in [-0.2, -0.15) is 0 Å². The number of fused-ring (bicyclic) bond motifs is 1. The predicted octanol–water partition coefficient (Wildman–Crippen LogP) is 1.39. The number of aliphatic hydroxyl groups excluding tert-OH is 1. The van der Waals surface area contributed by atoms with Crippen molar-refractivity contribution >= 4 is 17.1 Å². The molecule has 1 aromatic carbocycles. The monoisotopic (exact) mass is 279 g/mol. The predicted molar refractivity (Wildman–Crippen MR) is 72.4 cm³/mol. The number of oxazole rings is 1. The summed E-state index contributed by atoms with van der Waals surface area (Å²) in [4.78, 5) is 24.1. The van der Waals surface area contributed by atoms with Crippen LogP contribution in [-0.4, -0.2) is 22.2 Å². The molecule has 0 aliphatic carbocycles. The molecule has 1 aromatic heterocycles. The number of nitrogens with zero attached hydrogens (tertiary/aromatic N) is 1. The third-order valence-electron chi connectivity index (χ3n) is 3.16. The molecule has 108 valence electrons. The molecule has 0 amide bonds. The van der Waals surface area contributed by atoms with Crippen LogP contribution >= 0.6 is 0 Å². The van der Waals surface area contributed by atoms with Gasteiger partial charge in [-0.25, -0.2) is 9.59 Å². The van der Waals surface area contributed by atoms with Crippen LogP contribution in [0.3, 0.4) is 0 Å². The number of esters is 1. The van der Waals surface area contributed by atoms with E-state index < -0.39 is 17.3 Å². The summed E-state index contributed by atoms with van der Waals surface area (Å²) in [5, 5.41) is 9.18. The van der Waals surface area contributed by atoms with E-state index in [2.05, 4.69) is 0 Å². The van der Waals surface area contributed by atoms with Crippen LogP contribution in [0.4, 0.5) is 0 Å². The third-order valence-corrected chi connectivity index (χ3v) is 3.16. The van der Waals surface area contributed by atoms with Crippen molar-refractivity contribution in [3.05, 3.63) is 34.3 Å². The Morgan fingerprint density at radius 2 is 2.15 bits per heavy atom. The van der Waals surface area contributed by atoms with Crippen molar-refractivity contribution in [1.82, 2.24) is 4.57 Å². The van der Waals surface area contributed by atoms with Gasteiger partial charge in [0, 0.05) is 0 Å². The fourth-order valence-electron chi connectivity index (χ4n) is 2.09. The van der Waals surface area contributed by atoms with Crippen LogP contribution in [0, 0.1) is 0 Å². The lowest BCUT2D eigenvalue weighted by Gasteiger charge is -2.23. The number of hydrogen-bond donors (Lipinski definition) is 1. The highest BCUT2D eigenvalue weighted by Crippen LogP contribution is 2.23. The fourth-order valence-corrected chi connectivity index (χ4v) is 2.09. The van der Waals surface area contributed by atoms with Gasteiger partial charge in [0.1, 0.15) is 5.54 Å². The van der Waals surface area contributed by atoms with Gasteiger partial charge in [-0.1, -0.05) is 6.07 Å².